The number of allylic oxidation sites excluding steroid dienone is 1. The molecule has 4 heterocycles. The van der Waals surface area contributed by atoms with Gasteiger partial charge in [0.15, 0.2) is 23.6 Å². The fourth-order valence-corrected chi connectivity index (χ4v) is 5.99. The molecule has 0 radical (unpaired) electrons. The molecule has 2 aromatic carbocycles. The van der Waals surface area contributed by atoms with Crippen LogP contribution in [0.4, 0.5) is 20.7 Å². The minimum absolute atomic E-state index is 0.0418. The summed E-state index contributed by atoms with van der Waals surface area (Å²) in [5, 5.41) is 16.0. The van der Waals surface area contributed by atoms with Gasteiger partial charge in [-0.25, -0.2) is 14.2 Å². The lowest BCUT2D eigenvalue weighted by atomic mass is 9.89. The number of nitrogens with one attached hydrogen (secondary N) is 2. The largest absolute Gasteiger partial charge is 0.454 e. The van der Waals surface area contributed by atoms with Crippen LogP contribution in [-0.4, -0.2) is 62.9 Å². The molecule has 0 saturated carbocycles. The van der Waals surface area contributed by atoms with Gasteiger partial charge in [-0.3, -0.25) is 19.8 Å². The number of aliphatic hydroxyl groups is 1. The van der Waals surface area contributed by atoms with Gasteiger partial charge in [0.25, 0.3) is 5.91 Å². The molecule has 3 aliphatic heterocycles. The Labute approximate surface area is 259 Å². The first-order chi connectivity index (χ1) is 21.5. The second-order valence-electron chi connectivity index (χ2n) is 11.9. The predicted octanol–water partition coefficient (Wildman–Crippen LogP) is 5.28. The lowest BCUT2D eigenvalue weighted by Gasteiger charge is -2.41. The van der Waals surface area contributed by atoms with E-state index in [4.69, 9.17) is 9.47 Å². The Balaban J connectivity index is 1.23. The second-order valence-corrected chi connectivity index (χ2v) is 11.9. The molecule has 2 atom stereocenters. The molecule has 11 nitrogen and oxygen atoms in total. The topological polar surface area (TPSA) is 133 Å². The summed E-state index contributed by atoms with van der Waals surface area (Å²) in [5.74, 6) is -1.36. The third-order valence-electron chi connectivity index (χ3n) is 7.99. The predicted molar refractivity (Wildman–Crippen MR) is 163 cm³/mol. The van der Waals surface area contributed by atoms with Crippen molar-refractivity contribution < 1.29 is 33.4 Å². The maximum Gasteiger partial charge on any atom is 0.325 e. The van der Waals surface area contributed by atoms with Crippen LogP contribution in [0.3, 0.4) is 0 Å². The fraction of sp³-hybridized carbons (Fsp3) is 0.333. The third-order valence-corrected chi connectivity index (χ3v) is 7.99. The molecular weight excluding hydrogens is 581 g/mol. The second kappa shape index (κ2) is 11.9. The highest BCUT2D eigenvalue weighted by Crippen LogP contribution is 2.42. The van der Waals surface area contributed by atoms with Gasteiger partial charge in [0, 0.05) is 43.2 Å². The lowest BCUT2D eigenvalue weighted by Crippen LogP contribution is -2.47. The molecule has 3 aliphatic rings. The summed E-state index contributed by atoms with van der Waals surface area (Å²) in [6, 6.07) is 14.3. The number of Topliss-reactive ketones (excluding diaryl/α,β-unsaturated/α-hetero) is 1. The van der Waals surface area contributed by atoms with Crippen molar-refractivity contribution in [1.82, 2.24) is 14.8 Å². The Morgan fingerprint density at radius 2 is 1.96 bits per heavy atom. The Bertz CT molecular complexity index is 1690. The Kier molecular flexibility index (Phi) is 8.02. The number of hydrogen-bond donors (Lipinski definition) is 3. The molecule has 6 rings (SSSR count). The van der Waals surface area contributed by atoms with Crippen molar-refractivity contribution >= 4 is 29.2 Å². The third kappa shape index (κ3) is 6.11. The zero-order chi connectivity index (χ0) is 31.9. The molecule has 0 spiro atoms. The zero-order valence-electron chi connectivity index (χ0n) is 25.2. The molecule has 0 bridgehead atoms. The number of rotatable bonds is 7. The smallest absolute Gasteiger partial charge is 0.325 e. The van der Waals surface area contributed by atoms with E-state index in [2.05, 4.69) is 15.6 Å². The van der Waals surface area contributed by atoms with Gasteiger partial charge in [-0.1, -0.05) is 30.3 Å². The Hall–Kier alpha value is -4.81. The van der Waals surface area contributed by atoms with Crippen molar-refractivity contribution in [2.24, 2.45) is 0 Å². The molecule has 1 fully saturated rings. The number of pyridine rings is 1. The van der Waals surface area contributed by atoms with Gasteiger partial charge in [0.2, 0.25) is 0 Å². The number of ketones is 1. The van der Waals surface area contributed by atoms with E-state index in [-0.39, 0.29) is 59.4 Å². The number of fused-ring (bicyclic) bond motifs is 3. The molecule has 1 aromatic heterocycles. The summed E-state index contributed by atoms with van der Waals surface area (Å²) in [6.07, 6.45) is 1.46. The van der Waals surface area contributed by atoms with E-state index < -0.39 is 23.6 Å². The number of carbonyl (C=O) groups excluding carboxylic acids is 3. The number of amides is 3. The van der Waals surface area contributed by atoms with Crippen LogP contribution in [0.25, 0.3) is 0 Å². The zero-order valence-corrected chi connectivity index (χ0v) is 25.2. The van der Waals surface area contributed by atoms with Crippen LogP contribution >= 0.6 is 0 Å². The van der Waals surface area contributed by atoms with Crippen LogP contribution in [-0.2, 0) is 14.3 Å². The quantitative estimate of drug-likeness (QED) is 0.306. The number of β-amino-alcohol motifs (C(OH)–C–C–N with tert-alkyl or cyclic N) is 1. The summed E-state index contributed by atoms with van der Waals surface area (Å²) >= 11 is 0. The number of benzene rings is 2. The number of urea groups is 1. The standard InChI is InChI=1S/C33H34FN5O6/c1-19-27(24(40)17-23(20-8-5-4-6-9-20)39(19)18-33(2,3)43)30(41)36-21-10-11-25(22(34)16-21)45-26-12-13-35-29-28(26)31-38(32(42)37-29)14-7-15-44-31/h4-6,8-13,16,23,31,43H,7,14-15,17-18H2,1-3H3,(H,36,41)(H,35,37,42). The van der Waals surface area contributed by atoms with Crippen LogP contribution in [0.15, 0.2) is 72.1 Å². The van der Waals surface area contributed by atoms with E-state index in [1.807, 2.05) is 35.2 Å². The molecule has 234 valence electrons. The molecule has 3 aromatic rings. The van der Waals surface area contributed by atoms with Crippen LogP contribution in [0.2, 0.25) is 0 Å². The van der Waals surface area contributed by atoms with Crippen molar-refractivity contribution in [3.8, 4) is 11.5 Å². The molecule has 1 saturated heterocycles. The molecule has 3 amide bonds. The van der Waals surface area contributed by atoms with Crippen molar-refractivity contribution in [3.05, 3.63) is 89.0 Å². The van der Waals surface area contributed by atoms with Gasteiger partial charge >= 0.3 is 6.03 Å². The lowest BCUT2D eigenvalue weighted by molar-refractivity contribution is -0.122. The van der Waals surface area contributed by atoms with E-state index in [1.165, 1.54) is 23.2 Å². The first-order valence-corrected chi connectivity index (χ1v) is 14.7. The first kappa shape index (κ1) is 30.2. The highest BCUT2D eigenvalue weighted by atomic mass is 19.1. The fourth-order valence-electron chi connectivity index (χ4n) is 5.99. The highest BCUT2D eigenvalue weighted by molar-refractivity contribution is 6.24. The van der Waals surface area contributed by atoms with Crippen molar-refractivity contribution in [2.75, 3.05) is 30.3 Å². The summed E-state index contributed by atoms with van der Waals surface area (Å²) in [7, 11) is 0. The van der Waals surface area contributed by atoms with Crippen LogP contribution in [0.1, 0.15) is 57.0 Å². The SMILES string of the molecule is CC1=C(C(=O)Nc2ccc(Oc3ccnc4c3C3OCCCN3C(=O)N4)c(F)c2)C(=O)CC(c2ccccc2)N1CC(C)(C)O. The Morgan fingerprint density at radius 3 is 2.69 bits per heavy atom. The molecule has 0 aliphatic carbocycles. The highest BCUT2D eigenvalue weighted by Gasteiger charge is 2.39. The van der Waals surface area contributed by atoms with Crippen LogP contribution in [0.5, 0.6) is 11.5 Å². The number of hydrogen-bond acceptors (Lipinski definition) is 8. The minimum atomic E-state index is -1.10. The molecule has 12 heteroatoms. The van der Waals surface area contributed by atoms with Gasteiger partial charge in [-0.15, -0.1) is 0 Å². The van der Waals surface area contributed by atoms with Crippen molar-refractivity contribution in [2.45, 2.75) is 51.5 Å². The molecule has 45 heavy (non-hydrogen) atoms. The molecular formula is C33H34FN5O6. The van der Waals surface area contributed by atoms with Gasteiger partial charge < -0.3 is 24.8 Å². The van der Waals surface area contributed by atoms with Crippen LogP contribution < -0.4 is 15.4 Å². The number of anilines is 2. The maximum atomic E-state index is 15.4. The normalized spacial score (nSPS) is 19.9. The van der Waals surface area contributed by atoms with Crippen LogP contribution in [0, 0.1) is 5.82 Å². The van der Waals surface area contributed by atoms with Crippen molar-refractivity contribution in [3.63, 3.8) is 0 Å². The van der Waals surface area contributed by atoms with E-state index in [1.54, 1.807) is 26.8 Å². The number of carbonyl (C=O) groups is 3. The minimum Gasteiger partial charge on any atom is -0.454 e. The van der Waals surface area contributed by atoms with Gasteiger partial charge in [0.1, 0.15) is 17.1 Å². The van der Waals surface area contributed by atoms with E-state index >= 15 is 4.39 Å². The number of halogens is 1. The monoisotopic (exact) mass is 615 g/mol. The first-order valence-electron chi connectivity index (χ1n) is 14.7. The average Bonchev–Trinajstić information content (AvgIpc) is 3.00. The average molecular weight is 616 g/mol. The number of aromatic nitrogens is 1. The maximum absolute atomic E-state index is 15.4. The van der Waals surface area contributed by atoms with E-state index in [0.717, 1.165) is 11.6 Å². The van der Waals surface area contributed by atoms with Gasteiger partial charge in [-0.2, -0.15) is 0 Å². The van der Waals surface area contributed by atoms with Crippen molar-refractivity contribution in [1.29, 1.82) is 0 Å². The summed E-state index contributed by atoms with van der Waals surface area (Å²) in [4.78, 5) is 46.9. The molecule has 2 unspecified atom stereocenters. The van der Waals surface area contributed by atoms with E-state index in [9.17, 15) is 19.5 Å². The summed E-state index contributed by atoms with van der Waals surface area (Å²) < 4.78 is 27.2. The molecule has 3 N–H and O–H groups in total. The van der Waals surface area contributed by atoms with E-state index in [0.29, 0.717) is 30.8 Å². The summed E-state index contributed by atoms with van der Waals surface area (Å²) in [5.41, 5.74) is 0.783. The van der Waals surface area contributed by atoms with Gasteiger partial charge in [0.05, 0.1) is 23.8 Å². The summed E-state index contributed by atoms with van der Waals surface area (Å²) in [6.45, 7) is 6.15. The number of ether oxygens (including phenoxy) is 2. The number of nitrogens with zero attached hydrogens (tertiary/aromatic N) is 3. The Morgan fingerprint density at radius 1 is 1.18 bits per heavy atom. The van der Waals surface area contributed by atoms with Gasteiger partial charge in [-0.05, 0) is 51.0 Å².